The Bertz CT molecular complexity index is 1800. The lowest BCUT2D eigenvalue weighted by Crippen LogP contribution is -2.64. The maximum Gasteiger partial charge on any atom is 0.239 e. The molecule has 14 atom stereocenters. The molecule has 52 heavy (non-hydrogen) atoms. The minimum absolute atomic E-state index is 0.0882. The van der Waals surface area contributed by atoms with Gasteiger partial charge < -0.3 is 94.1 Å². The molecule has 14 unspecified atom stereocenters. The summed E-state index contributed by atoms with van der Waals surface area (Å²) in [6, 6.07) is 5.10. The van der Waals surface area contributed by atoms with Crippen LogP contribution in [-0.4, -0.2) is 161 Å². The van der Waals surface area contributed by atoms with E-state index in [0.717, 1.165) is 24.3 Å². The highest BCUT2D eigenvalue weighted by Gasteiger charge is 2.51. The van der Waals surface area contributed by atoms with Gasteiger partial charge >= 0.3 is 0 Å². The summed E-state index contributed by atoms with van der Waals surface area (Å²) in [6.07, 6.45) is -23.9. The zero-order valence-corrected chi connectivity index (χ0v) is 27.0. The fraction of sp³-hybridized carbons (Fsp3) is 0.531. The van der Waals surface area contributed by atoms with Gasteiger partial charge in [0, 0.05) is 17.7 Å². The lowest BCUT2D eigenvalue weighted by molar-refractivity contribution is -0.348. The Morgan fingerprint density at radius 3 is 2.15 bits per heavy atom. The summed E-state index contributed by atoms with van der Waals surface area (Å²) in [5.74, 6) is -3.64. The molecule has 3 aliphatic heterocycles. The molecule has 2 aromatic carbocycles. The number of fused-ring (bicyclic) bond motifs is 1. The molecule has 12 N–H and O–H groups in total. The van der Waals surface area contributed by atoms with E-state index >= 15 is 0 Å². The average Bonchev–Trinajstić information content (AvgIpc) is 3.10. The molecule has 6 rings (SSSR count). The molecule has 3 saturated heterocycles. The second-order valence-electron chi connectivity index (χ2n) is 12.6. The van der Waals surface area contributed by atoms with Crippen LogP contribution in [0.15, 0.2) is 39.5 Å². The molecular weight excluding hydrogens is 704 g/mol. The van der Waals surface area contributed by atoms with E-state index in [1.54, 1.807) is 0 Å². The molecule has 3 aromatic rings. The molecule has 0 spiro atoms. The van der Waals surface area contributed by atoms with Crippen LogP contribution in [0.2, 0.25) is 0 Å². The number of rotatable bonds is 8. The molecule has 286 valence electrons. The molecule has 20 nitrogen and oxygen atoms in total. The number of hydrogen-bond acceptors (Lipinski definition) is 20. The molecule has 0 amide bonds. The molecule has 0 aliphatic carbocycles. The van der Waals surface area contributed by atoms with Crippen molar-refractivity contribution < 1.29 is 94.1 Å². The SMILES string of the molecule is CC1OC(OCC2OC(Oc3c(-c4ccc(O)c(O)c4)oc4cc(O)cc(O)c4c3=O)C(O)C(OC3OCC(O)C(O)C3O)C2O)C(O)C(O)C1O. The maximum atomic E-state index is 13.9. The average molecular weight is 743 g/mol. The third kappa shape index (κ3) is 7.09. The van der Waals surface area contributed by atoms with Crippen LogP contribution in [-0.2, 0) is 23.7 Å². The van der Waals surface area contributed by atoms with Gasteiger partial charge in [-0.2, -0.15) is 0 Å². The first kappa shape index (κ1) is 37.9. The van der Waals surface area contributed by atoms with Gasteiger partial charge in [-0.25, -0.2) is 0 Å². The summed E-state index contributed by atoms with van der Waals surface area (Å²) < 4.78 is 39.5. The number of aliphatic hydroxyl groups is 8. The molecule has 3 fully saturated rings. The molecule has 0 saturated carbocycles. The molecule has 4 heterocycles. The highest BCUT2D eigenvalue weighted by atomic mass is 16.7. The number of aliphatic hydroxyl groups excluding tert-OH is 8. The quantitative estimate of drug-likeness (QED) is 0.101. The summed E-state index contributed by atoms with van der Waals surface area (Å²) in [4.78, 5) is 13.9. The maximum absolute atomic E-state index is 13.9. The lowest BCUT2D eigenvalue weighted by atomic mass is 9.97. The first-order chi connectivity index (χ1) is 24.6. The molecule has 1 aromatic heterocycles. The summed E-state index contributed by atoms with van der Waals surface area (Å²) >= 11 is 0. The summed E-state index contributed by atoms with van der Waals surface area (Å²) in [6.45, 7) is 0.173. The third-order valence-electron chi connectivity index (χ3n) is 9.01. The van der Waals surface area contributed by atoms with Crippen molar-refractivity contribution in [2.75, 3.05) is 13.2 Å². The Labute approximate surface area is 292 Å². The van der Waals surface area contributed by atoms with Gasteiger partial charge in [0.2, 0.25) is 17.5 Å². The summed E-state index contributed by atoms with van der Waals surface area (Å²) in [7, 11) is 0. The second-order valence-corrected chi connectivity index (χ2v) is 12.6. The number of benzene rings is 2. The van der Waals surface area contributed by atoms with Crippen molar-refractivity contribution in [2.24, 2.45) is 0 Å². The van der Waals surface area contributed by atoms with Crippen LogP contribution in [0.25, 0.3) is 22.3 Å². The van der Waals surface area contributed by atoms with Gasteiger partial charge in [0.05, 0.1) is 19.3 Å². The first-order valence-corrected chi connectivity index (χ1v) is 15.9. The Morgan fingerprint density at radius 1 is 0.731 bits per heavy atom. The van der Waals surface area contributed by atoms with E-state index in [0.29, 0.717) is 0 Å². The van der Waals surface area contributed by atoms with Gasteiger partial charge in [0.15, 0.2) is 29.8 Å². The van der Waals surface area contributed by atoms with Crippen LogP contribution in [0.5, 0.6) is 28.7 Å². The summed E-state index contributed by atoms with van der Waals surface area (Å²) in [5.41, 5.74) is -1.52. The largest absolute Gasteiger partial charge is 0.508 e. The monoisotopic (exact) mass is 742 g/mol. The third-order valence-corrected chi connectivity index (χ3v) is 9.01. The van der Waals surface area contributed by atoms with Crippen LogP contribution in [0.4, 0.5) is 0 Å². The molecule has 0 bridgehead atoms. The van der Waals surface area contributed by atoms with E-state index in [9.17, 15) is 66.1 Å². The standard InChI is InChI=1S/C32H38O20/c1-9-19(38)23(42)25(44)30(48-9)47-8-17-21(40)28(51-31-24(43)20(39)15(37)7-46-31)26(45)32(50-17)52-29-22(41)18-14(36)5-11(33)6-16(18)49-27(29)10-2-3-12(34)13(35)4-10/h2-6,9,15,17,19-21,23-26,28,30-40,42-45H,7-8H2,1H3. The lowest BCUT2D eigenvalue weighted by Gasteiger charge is -2.45. The van der Waals surface area contributed by atoms with Crippen molar-refractivity contribution in [2.45, 2.75) is 92.9 Å². The Kier molecular flexibility index (Phi) is 10.8. The zero-order chi connectivity index (χ0) is 37.8. The smallest absolute Gasteiger partial charge is 0.239 e. The molecular formula is C32H38O20. The number of phenolic OH excluding ortho intramolecular Hbond substituents is 4. The van der Waals surface area contributed by atoms with Crippen molar-refractivity contribution in [1.82, 2.24) is 0 Å². The Hall–Kier alpha value is -3.87. The Balaban J connectivity index is 1.37. The van der Waals surface area contributed by atoms with E-state index in [1.807, 2.05) is 0 Å². The van der Waals surface area contributed by atoms with E-state index in [4.69, 9.17) is 32.8 Å². The van der Waals surface area contributed by atoms with Crippen LogP contribution in [0, 0.1) is 0 Å². The zero-order valence-electron chi connectivity index (χ0n) is 27.0. The molecule has 20 heteroatoms. The second kappa shape index (κ2) is 14.9. The minimum atomic E-state index is -2.08. The van der Waals surface area contributed by atoms with E-state index < -0.39 is 145 Å². The van der Waals surface area contributed by atoms with Crippen molar-refractivity contribution in [1.29, 1.82) is 0 Å². The van der Waals surface area contributed by atoms with Crippen molar-refractivity contribution in [3.05, 3.63) is 40.6 Å². The Morgan fingerprint density at radius 2 is 1.44 bits per heavy atom. The fourth-order valence-corrected chi connectivity index (χ4v) is 6.04. The van der Waals surface area contributed by atoms with Gasteiger partial charge in [-0.1, -0.05) is 0 Å². The van der Waals surface area contributed by atoms with Crippen molar-refractivity contribution in [3.63, 3.8) is 0 Å². The topological polar surface area (TPSA) is 328 Å². The van der Waals surface area contributed by atoms with Crippen molar-refractivity contribution >= 4 is 11.0 Å². The molecule has 3 aliphatic rings. The van der Waals surface area contributed by atoms with Crippen LogP contribution in [0.3, 0.4) is 0 Å². The predicted octanol–water partition coefficient (Wildman–Crippen LogP) is -3.22. The van der Waals surface area contributed by atoms with Gasteiger partial charge in [-0.05, 0) is 25.1 Å². The highest BCUT2D eigenvalue weighted by Crippen LogP contribution is 2.40. The van der Waals surface area contributed by atoms with Crippen LogP contribution < -0.4 is 10.2 Å². The number of ether oxygens (including phenoxy) is 6. The molecule has 0 radical (unpaired) electrons. The number of aromatic hydroxyl groups is 4. The fourth-order valence-electron chi connectivity index (χ4n) is 6.04. The predicted molar refractivity (Wildman–Crippen MR) is 167 cm³/mol. The van der Waals surface area contributed by atoms with Crippen LogP contribution in [0.1, 0.15) is 6.92 Å². The number of phenols is 4. The van der Waals surface area contributed by atoms with Gasteiger partial charge in [-0.15, -0.1) is 0 Å². The number of hydrogen-bond donors (Lipinski definition) is 12. The van der Waals surface area contributed by atoms with Gasteiger partial charge in [0.1, 0.15) is 83.5 Å². The summed E-state index contributed by atoms with van der Waals surface area (Å²) in [5, 5.41) is 124. The minimum Gasteiger partial charge on any atom is -0.508 e. The first-order valence-electron chi connectivity index (χ1n) is 15.9. The van der Waals surface area contributed by atoms with Crippen molar-refractivity contribution in [3.8, 4) is 40.1 Å². The van der Waals surface area contributed by atoms with Crippen LogP contribution >= 0.6 is 0 Å². The van der Waals surface area contributed by atoms with Gasteiger partial charge in [0.25, 0.3) is 0 Å². The van der Waals surface area contributed by atoms with Gasteiger partial charge in [-0.3, -0.25) is 4.79 Å². The highest BCUT2D eigenvalue weighted by molar-refractivity contribution is 5.88. The van der Waals surface area contributed by atoms with E-state index in [-0.39, 0.29) is 11.1 Å². The van der Waals surface area contributed by atoms with E-state index in [1.165, 1.54) is 13.0 Å². The van der Waals surface area contributed by atoms with E-state index in [2.05, 4.69) is 0 Å². The normalized spacial score (nSPS) is 36.9.